The summed E-state index contributed by atoms with van der Waals surface area (Å²) in [7, 11) is 2.93. The summed E-state index contributed by atoms with van der Waals surface area (Å²) < 4.78 is 7.69. The maximum absolute atomic E-state index is 12.6. The molecule has 8 heteroatoms. The summed E-state index contributed by atoms with van der Waals surface area (Å²) in [4.78, 5) is 36.6. The summed E-state index contributed by atoms with van der Waals surface area (Å²) >= 11 is 0. The van der Waals surface area contributed by atoms with Crippen molar-refractivity contribution in [3.05, 3.63) is 56.2 Å². The number of carbonyl (C=O) groups excluding carboxylic acids is 1. The molecule has 1 unspecified atom stereocenters. The van der Waals surface area contributed by atoms with Gasteiger partial charge in [0.2, 0.25) is 0 Å². The Morgan fingerprint density at radius 1 is 1.08 bits per heavy atom. The van der Waals surface area contributed by atoms with E-state index in [4.69, 9.17) is 4.74 Å². The van der Waals surface area contributed by atoms with Gasteiger partial charge in [0, 0.05) is 14.1 Å². The molecule has 0 saturated heterocycles. The summed E-state index contributed by atoms with van der Waals surface area (Å²) in [6, 6.07) is 6.02. The van der Waals surface area contributed by atoms with Crippen LogP contribution in [0.5, 0.6) is 5.75 Å². The molecule has 0 aliphatic carbocycles. The normalized spacial score (nSPS) is 16.1. The molecule has 0 fully saturated rings. The maximum atomic E-state index is 12.6. The topological polar surface area (TPSA) is 94.4 Å². The molecule has 126 valence electrons. The van der Waals surface area contributed by atoms with Gasteiger partial charge in [0.25, 0.3) is 5.56 Å². The van der Waals surface area contributed by atoms with E-state index < -0.39 is 23.3 Å². The van der Waals surface area contributed by atoms with E-state index in [2.05, 4.69) is 10.6 Å². The van der Waals surface area contributed by atoms with Crippen LogP contribution in [0.25, 0.3) is 0 Å². The minimum atomic E-state index is -0.644. The van der Waals surface area contributed by atoms with Crippen molar-refractivity contribution in [3.8, 4) is 5.75 Å². The molecule has 1 aliphatic rings. The van der Waals surface area contributed by atoms with Crippen LogP contribution in [-0.2, 0) is 14.1 Å². The summed E-state index contributed by atoms with van der Waals surface area (Å²) in [6.45, 7) is 2.44. The number of aromatic nitrogens is 2. The van der Waals surface area contributed by atoms with Crippen molar-refractivity contribution in [2.24, 2.45) is 14.1 Å². The van der Waals surface area contributed by atoms with Crippen molar-refractivity contribution in [2.75, 3.05) is 11.9 Å². The van der Waals surface area contributed by atoms with E-state index in [1.165, 1.54) is 18.7 Å². The first-order valence-electron chi connectivity index (χ1n) is 7.54. The number of amides is 2. The van der Waals surface area contributed by atoms with E-state index in [0.29, 0.717) is 17.9 Å². The second-order valence-electron chi connectivity index (χ2n) is 5.50. The van der Waals surface area contributed by atoms with Crippen LogP contribution in [0.4, 0.5) is 10.6 Å². The summed E-state index contributed by atoms with van der Waals surface area (Å²) in [6.07, 6.45) is 0. The number of benzene rings is 1. The van der Waals surface area contributed by atoms with Crippen molar-refractivity contribution in [1.29, 1.82) is 0 Å². The van der Waals surface area contributed by atoms with Crippen LogP contribution in [0.15, 0.2) is 33.9 Å². The molecule has 1 aromatic heterocycles. The molecule has 0 saturated carbocycles. The van der Waals surface area contributed by atoms with E-state index >= 15 is 0 Å². The molecule has 0 radical (unpaired) electrons. The lowest BCUT2D eigenvalue weighted by Crippen LogP contribution is -2.49. The molecule has 1 atom stereocenters. The Bertz CT molecular complexity index is 911. The highest BCUT2D eigenvalue weighted by Crippen LogP contribution is 2.29. The van der Waals surface area contributed by atoms with E-state index in [0.717, 1.165) is 10.1 Å². The fourth-order valence-corrected chi connectivity index (χ4v) is 2.80. The lowest BCUT2D eigenvalue weighted by Gasteiger charge is -2.28. The average Bonchev–Trinajstić information content (AvgIpc) is 2.58. The minimum absolute atomic E-state index is 0.214. The molecular formula is C16H18N4O4. The lowest BCUT2D eigenvalue weighted by atomic mass is 9.98. The molecule has 8 nitrogen and oxygen atoms in total. The van der Waals surface area contributed by atoms with Gasteiger partial charge in [-0.15, -0.1) is 0 Å². The molecule has 2 heterocycles. The average molecular weight is 330 g/mol. The van der Waals surface area contributed by atoms with Crippen LogP contribution >= 0.6 is 0 Å². The predicted octanol–water partition coefficient (Wildman–Crippen LogP) is 0.707. The number of hydrogen-bond acceptors (Lipinski definition) is 4. The van der Waals surface area contributed by atoms with Crippen LogP contribution < -0.4 is 26.6 Å². The number of anilines is 1. The van der Waals surface area contributed by atoms with Gasteiger partial charge in [-0.2, -0.15) is 0 Å². The quantitative estimate of drug-likeness (QED) is 0.866. The lowest BCUT2D eigenvalue weighted by molar-refractivity contribution is 0.248. The molecule has 3 rings (SSSR count). The highest BCUT2D eigenvalue weighted by atomic mass is 16.5. The number of urea groups is 1. The monoisotopic (exact) mass is 330 g/mol. The summed E-state index contributed by atoms with van der Waals surface area (Å²) in [5.74, 6) is 0.917. The second-order valence-corrected chi connectivity index (χ2v) is 5.50. The molecular weight excluding hydrogens is 312 g/mol. The second kappa shape index (κ2) is 5.88. The van der Waals surface area contributed by atoms with Gasteiger partial charge >= 0.3 is 11.7 Å². The van der Waals surface area contributed by atoms with E-state index in [1.807, 2.05) is 6.92 Å². The van der Waals surface area contributed by atoms with Gasteiger partial charge in [-0.1, -0.05) is 12.1 Å². The summed E-state index contributed by atoms with van der Waals surface area (Å²) in [5.41, 5.74) is 0.111. The third-order valence-corrected chi connectivity index (χ3v) is 4.02. The Kier molecular flexibility index (Phi) is 3.88. The number of fused-ring (bicyclic) bond motifs is 1. The largest absolute Gasteiger partial charge is 0.494 e. The first-order valence-corrected chi connectivity index (χ1v) is 7.54. The maximum Gasteiger partial charge on any atom is 0.332 e. The highest BCUT2D eigenvalue weighted by Gasteiger charge is 2.31. The first-order chi connectivity index (χ1) is 11.4. The predicted molar refractivity (Wildman–Crippen MR) is 88.5 cm³/mol. The number of hydrogen-bond donors (Lipinski definition) is 2. The van der Waals surface area contributed by atoms with Crippen molar-refractivity contribution in [1.82, 2.24) is 14.5 Å². The van der Waals surface area contributed by atoms with Crippen LogP contribution in [0.1, 0.15) is 24.1 Å². The van der Waals surface area contributed by atoms with Crippen LogP contribution in [-0.4, -0.2) is 21.8 Å². The van der Waals surface area contributed by atoms with E-state index in [9.17, 15) is 14.4 Å². The van der Waals surface area contributed by atoms with Crippen molar-refractivity contribution < 1.29 is 9.53 Å². The molecule has 24 heavy (non-hydrogen) atoms. The van der Waals surface area contributed by atoms with Crippen molar-refractivity contribution in [3.63, 3.8) is 0 Å². The number of carbonyl (C=O) groups is 1. The molecule has 0 bridgehead atoms. The smallest absolute Gasteiger partial charge is 0.332 e. The van der Waals surface area contributed by atoms with Gasteiger partial charge in [-0.05, 0) is 24.6 Å². The standard InChI is InChI=1S/C16H18N4O4/c1-4-24-10-7-5-9(6-8-10)12-11-13(18-15(22)17-12)19(2)16(23)20(3)14(11)21/h5-8,12H,4H2,1-3H3,(H2,17,18,22). The van der Waals surface area contributed by atoms with Crippen LogP contribution in [0, 0.1) is 0 Å². The Labute approximate surface area is 137 Å². The Morgan fingerprint density at radius 2 is 1.75 bits per heavy atom. The van der Waals surface area contributed by atoms with Crippen LogP contribution in [0.3, 0.4) is 0 Å². The number of rotatable bonds is 3. The number of ether oxygens (including phenoxy) is 1. The fourth-order valence-electron chi connectivity index (χ4n) is 2.80. The first kappa shape index (κ1) is 15.9. The van der Waals surface area contributed by atoms with Crippen LogP contribution in [0.2, 0.25) is 0 Å². The van der Waals surface area contributed by atoms with Gasteiger partial charge in [0.15, 0.2) is 0 Å². The van der Waals surface area contributed by atoms with E-state index in [1.54, 1.807) is 24.3 Å². The zero-order valence-electron chi connectivity index (χ0n) is 13.6. The van der Waals surface area contributed by atoms with Gasteiger partial charge in [-0.3, -0.25) is 19.2 Å². The molecule has 1 aromatic carbocycles. The molecule has 1 aliphatic heterocycles. The zero-order chi connectivity index (χ0) is 17.4. The van der Waals surface area contributed by atoms with Gasteiger partial charge < -0.3 is 10.1 Å². The van der Waals surface area contributed by atoms with Crippen molar-refractivity contribution >= 4 is 11.8 Å². The van der Waals surface area contributed by atoms with Crippen molar-refractivity contribution in [2.45, 2.75) is 13.0 Å². The third kappa shape index (κ3) is 2.45. The van der Waals surface area contributed by atoms with Gasteiger partial charge in [0.05, 0.1) is 18.2 Å². The fraction of sp³-hybridized carbons (Fsp3) is 0.312. The molecule has 2 N–H and O–H groups in total. The Morgan fingerprint density at radius 3 is 2.38 bits per heavy atom. The third-order valence-electron chi connectivity index (χ3n) is 4.02. The molecule has 2 amide bonds. The molecule has 2 aromatic rings. The molecule has 0 spiro atoms. The summed E-state index contributed by atoms with van der Waals surface area (Å²) in [5, 5.41) is 5.28. The SMILES string of the molecule is CCOc1ccc(C2NC(=O)Nc3c2c(=O)n(C)c(=O)n3C)cc1. The Balaban J connectivity index is 2.17. The number of nitrogens with one attached hydrogen (secondary N) is 2. The van der Waals surface area contributed by atoms with E-state index in [-0.39, 0.29) is 5.82 Å². The van der Waals surface area contributed by atoms with Gasteiger partial charge in [-0.25, -0.2) is 9.59 Å². The number of nitrogens with zero attached hydrogens (tertiary/aromatic N) is 2. The Hall–Kier alpha value is -3.03. The highest BCUT2D eigenvalue weighted by molar-refractivity contribution is 5.92. The minimum Gasteiger partial charge on any atom is -0.494 e. The zero-order valence-corrected chi connectivity index (χ0v) is 13.6. The van der Waals surface area contributed by atoms with Gasteiger partial charge in [0.1, 0.15) is 11.6 Å².